The van der Waals surface area contributed by atoms with E-state index >= 15 is 0 Å². The van der Waals surface area contributed by atoms with Gasteiger partial charge in [0, 0.05) is 12.6 Å². The number of rotatable bonds is 8. The number of carbonyl (C=O) groups is 3. The van der Waals surface area contributed by atoms with Crippen LogP contribution in [0, 0.1) is 11.8 Å². The quantitative estimate of drug-likeness (QED) is 0.598. The van der Waals surface area contributed by atoms with Gasteiger partial charge in [-0.15, -0.1) is 0 Å². The van der Waals surface area contributed by atoms with Crippen molar-refractivity contribution in [3.8, 4) is 0 Å². The topological polar surface area (TPSA) is 104 Å². The van der Waals surface area contributed by atoms with Crippen molar-refractivity contribution in [2.24, 2.45) is 11.8 Å². The number of urea groups is 1. The van der Waals surface area contributed by atoms with Crippen molar-refractivity contribution in [1.29, 1.82) is 0 Å². The largest absolute Gasteiger partial charge is 0.337 e. The van der Waals surface area contributed by atoms with E-state index in [2.05, 4.69) is 5.32 Å². The summed E-state index contributed by atoms with van der Waals surface area (Å²) in [5.74, 6) is -0.160. The molecule has 1 N–H and O–H groups in total. The predicted molar refractivity (Wildman–Crippen MR) is 102 cm³/mol. The second-order valence-electron chi connectivity index (χ2n) is 8.74. The second kappa shape index (κ2) is 7.00. The van der Waals surface area contributed by atoms with Crippen molar-refractivity contribution >= 4 is 27.7 Å². The fourth-order valence-corrected chi connectivity index (χ4v) is 6.54. The molecule has 0 aromatic carbocycles. The summed E-state index contributed by atoms with van der Waals surface area (Å²) < 4.78 is 23.7. The minimum atomic E-state index is -3.13. The Hall–Kier alpha value is -1.64. The van der Waals surface area contributed by atoms with Crippen molar-refractivity contribution in [3.05, 3.63) is 0 Å². The Morgan fingerprint density at radius 3 is 2.32 bits per heavy atom. The zero-order valence-corrected chi connectivity index (χ0v) is 17.2. The summed E-state index contributed by atoms with van der Waals surface area (Å²) in [5.41, 5.74) is -0.803. The van der Waals surface area contributed by atoms with Crippen LogP contribution in [0.15, 0.2) is 0 Å². The van der Waals surface area contributed by atoms with Gasteiger partial charge in [-0.25, -0.2) is 13.2 Å². The first-order valence-electron chi connectivity index (χ1n) is 10.4. The molecular weight excluding hydrogens is 382 g/mol. The van der Waals surface area contributed by atoms with Gasteiger partial charge in [-0.3, -0.25) is 14.5 Å². The standard InChI is InChI=1S/C19H29N3O5S/c1-2-3-9-21(15-8-10-28(26,27)12-15)16(23)11-22-17(24)19(13-4-5-13,14-6-7-14)20-18(22)25/h13-15H,2-12H2,1H3,(H,20,25). The number of carbonyl (C=O) groups excluding carboxylic acids is 3. The average Bonchev–Trinajstić information content (AvgIpc) is 3.55. The number of hydrogen-bond donors (Lipinski definition) is 1. The van der Waals surface area contributed by atoms with Gasteiger partial charge in [-0.05, 0) is 50.4 Å². The predicted octanol–water partition coefficient (Wildman–Crippen LogP) is 0.913. The van der Waals surface area contributed by atoms with Gasteiger partial charge in [0.2, 0.25) is 5.91 Å². The number of amides is 4. The SMILES string of the molecule is CCCCN(C(=O)CN1C(=O)NC(C2CC2)(C2CC2)C1=O)C1CCS(=O)(=O)C1. The molecule has 4 rings (SSSR count). The number of hydrogen-bond acceptors (Lipinski definition) is 5. The smallest absolute Gasteiger partial charge is 0.325 e. The molecule has 1 unspecified atom stereocenters. The molecule has 0 bridgehead atoms. The molecule has 4 fully saturated rings. The van der Waals surface area contributed by atoms with Crippen molar-refractivity contribution in [2.45, 2.75) is 63.5 Å². The van der Waals surface area contributed by atoms with Crippen LogP contribution in [0.4, 0.5) is 4.79 Å². The maximum absolute atomic E-state index is 13.2. The Balaban J connectivity index is 1.49. The molecule has 2 aliphatic heterocycles. The van der Waals surface area contributed by atoms with E-state index in [4.69, 9.17) is 0 Å². The van der Waals surface area contributed by atoms with Crippen molar-refractivity contribution in [3.63, 3.8) is 0 Å². The van der Waals surface area contributed by atoms with Crippen LogP contribution in [0.1, 0.15) is 51.9 Å². The van der Waals surface area contributed by atoms with Gasteiger partial charge in [0.15, 0.2) is 9.84 Å². The van der Waals surface area contributed by atoms with E-state index in [-0.39, 0.29) is 47.7 Å². The van der Waals surface area contributed by atoms with Crippen LogP contribution in [0.3, 0.4) is 0 Å². The Morgan fingerprint density at radius 2 is 1.82 bits per heavy atom. The van der Waals surface area contributed by atoms with E-state index in [1.54, 1.807) is 4.90 Å². The molecule has 4 amide bonds. The van der Waals surface area contributed by atoms with Gasteiger partial charge in [0.05, 0.1) is 11.5 Å². The highest BCUT2D eigenvalue weighted by atomic mass is 32.2. The van der Waals surface area contributed by atoms with Crippen molar-refractivity contribution < 1.29 is 22.8 Å². The molecule has 0 spiro atoms. The number of imide groups is 1. The molecule has 2 aliphatic carbocycles. The number of nitrogens with zero attached hydrogens (tertiary/aromatic N) is 2. The van der Waals surface area contributed by atoms with E-state index in [0.29, 0.717) is 13.0 Å². The minimum absolute atomic E-state index is 0.0311. The summed E-state index contributed by atoms with van der Waals surface area (Å²) in [5, 5.41) is 2.93. The molecule has 9 heteroatoms. The first kappa shape index (κ1) is 19.7. The van der Waals surface area contributed by atoms with Crippen molar-refractivity contribution in [1.82, 2.24) is 15.1 Å². The monoisotopic (exact) mass is 411 g/mol. The summed E-state index contributed by atoms with van der Waals surface area (Å²) in [6.07, 6.45) is 5.81. The lowest BCUT2D eigenvalue weighted by Crippen LogP contribution is -2.52. The van der Waals surface area contributed by atoms with Gasteiger partial charge >= 0.3 is 6.03 Å². The third-order valence-electron chi connectivity index (χ3n) is 6.62. The highest BCUT2D eigenvalue weighted by molar-refractivity contribution is 7.91. The molecule has 0 aromatic heterocycles. The fraction of sp³-hybridized carbons (Fsp3) is 0.842. The number of unbranched alkanes of at least 4 members (excludes halogenated alkanes) is 1. The lowest BCUT2D eigenvalue weighted by molar-refractivity contribution is -0.140. The lowest BCUT2D eigenvalue weighted by Gasteiger charge is -2.30. The van der Waals surface area contributed by atoms with Gasteiger partial charge in [-0.1, -0.05) is 13.3 Å². The molecular formula is C19H29N3O5S. The fourth-order valence-electron chi connectivity index (χ4n) is 4.81. The van der Waals surface area contributed by atoms with Gasteiger partial charge in [0.25, 0.3) is 5.91 Å². The van der Waals surface area contributed by atoms with Crippen LogP contribution >= 0.6 is 0 Å². The Bertz CT molecular complexity index is 775. The third-order valence-corrected chi connectivity index (χ3v) is 8.37. The molecule has 28 heavy (non-hydrogen) atoms. The molecule has 2 saturated carbocycles. The van der Waals surface area contributed by atoms with E-state index in [1.807, 2.05) is 6.92 Å². The first-order chi connectivity index (χ1) is 13.3. The van der Waals surface area contributed by atoms with Crippen molar-refractivity contribution in [2.75, 3.05) is 24.6 Å². The van der Waals surface area contributed by atoms with E-state index in [0.717, 1.165) is 43.4 Å². The van der Waals surface area contributed by atoms with Crippen LogP contribution in [-0.2, 0) is 19.4 Å². The molecule has 0 radical (unpaired) electrons. The Kier molecular flexibility index (Phi) is 4.92. The highest BCUT2D eigenvalue weighted by Crippen LogP contribution is 2.54. The highest BCUT2D eigenvalue weighted by Gasteiger charge is 2.65. The molecule has 2 heterocycles. The maximum Gasteiger partial charge on any atom is 0.325 e. The summed E-state index contributed by atoms with van der Waals surface area (Å²) in [7, 11) is -3.13. The summed E-state index contributed by atoms with van der Waals surface area (Å²) in [6.45, 7) is 2.16. The Morgan fingerprint density at radius 1 is 1.18 bits per heavy atom. The zero-order chi connectivity index (χ0) is 20.1. The van der Waals surface area contributed by atoms with Crippen LogP contribution in [-0.4, -0.2) is 72.2 Å². The zero-order valence-electron chi connectivity index (χ0n) is 16.4. The van der Waals surface area contributed by atoms with Gasteiger partial charge in [0.1, 0.15) is 12.1 Å². The maximum atomic E-state index is 13.2. The summed E-state index contributed by atoms with van der Waals surface area (Å²) >= 11 is 0. The van der Waals surface area contributed by atoms with Crippen LogP contribution in [0.2, 0.25) is 0 Å². The molecule has 2 saturated heterocycles. The van der Waals surface area contributed by atoms with E-state index in [1.165, 1.54) is 0 Å². The van der Waals surface area contributed by atoms with Gasteiger partial charge < -0.3 is 10.2 Å². The van der Waals surface area contributed by atoms with Crippen LogP contribution in [0.25, 0.3) is 0 Å². The van der Waals surface area contributed by atoms with Crippen LogP contribution in [0.5, 0.6) is 0 Å². The average molecular weight is 412 g/mol. The normalized spacial score (nSPS) is 28.5. The number of nitrogens with one attached hydrogen (secondary N) is 1. The van der Waals surface area contributed by atoms with E-state index in [9.17, 15) is 22.8 Å². The summed E-state index contributed by atoms with van der Waals surface area (Å²) in [6, 6.07) is -0.840. The second-order valence-corrected chi connectivity index (χ2v) is 11.0. The third kappa shape index (κ3) is 3.42. The van der Waals surface area contributed by atoms with Gasteiger partial charge in [-0.2, -0.15) is 0 Å². The van der Waals surface area contributed by atoms with Crippen LogP contribution < -0.4 is 5.32 Å². The Labute approximate surface area is 165 Å². The molecule has 4 aliphatic rings. The first-order valence-corrected chi connectivity index (χ1v) is 12.2. The molecule has 156 valence electrons. The molecule has 8 nitrogen and oxygen atoms in total. The molecule has 1 atom stereocenters. The number of sulfone groups is 1. The van der Waals surface area contributed by atoms with E-state index < -0.39 is 21.4 Å². The lowest BCUT2D eigenvalue weighted by atomic mass is 9.87. The molecule has 0 aromatic rings. The summed E-state index contributed by atoms with van der Waals surface area (Å²) in [4.78, 5) is 41.5. The minimum Gasteiger partial charge on any atom is -0.337 e.